The third-order valence-electron chi connectivity index (χ3n) is 5.04. The van der Waals surface area contributed by atoms with Crippen LogP contribution in [0.2, 0.25) is 0 Å². The minimum atomic E-state index is 0.150. The van der Waals surface area contributed by atoms with Crippen molar-refractivity contribution in [2.75, 3.05) is 52.4 Å². The van der Waals surface area contributed by atoms with Crippen molar-refractivity contribution in [2.45, 2.75) is 13.0 Å². The second kappa shape index (κ2) is 9.01. The van der Waals surface area contributed by atoms with Crippen molar-refractivity contribution in [1.29, 1.82) is 0 Å². The van der Waals surface area contributed by atoms with E-state index >= 15 is 0 Å². The van der Waals surface area contributed by atoms with Crippen molar-refractivity contribution in [2.24, 2.45) is 0 Å². The first kappa shape index (κ1) is 18.7. The zero-order valence-corrected chi connectivity index (χ0v) is 15.5. The summed E-state index contributed by atoms with van der Waals surface area (Å²) in [6, 6.07) is 6.55. The van der Waals surface area contributed by atoms with Crippen LogP contribution in [0.5, 0.6) is 5.75 Å². The summed E-state index contributed by atoms with van der Waals surface area (Å²) in [6.45, 7) is 14.7. The van der Waals surface area contributed by atoms with Gasteiger partial charge in [0.15, 0.2) is 0 Å². The van der Waals surface area contributed by atoms with Gasteiger partial charge in [-0.05, 0) is 17.2 Å². The molecule has 3 rings (SSSR count). The van der Waals surface area contributed by atoms with Crippen LogP contribution in [0.1, 0.15) is 11.1 Å². The molecule has 0 unspecified atom stereocenters. The molecule has 0 atom stereocenters. The van der Waals surface area contributed by atoms with Crippen molar-refractivity contribution in [1.82, 2.24) is 14.7 Å². The van der Waals surface area contributed by atoms with Gasteiger partial charge in [0, 0.05) is 52.2 Å². The van der Waals surface area contributed by atoms with Crippen LogP contribution in [0.25, 0.3) is 0 Å². The summed E-state index contributed by atoms with van der Waals surface area (Å²) < 4.78 is 5.58. The zero-order valence-electron chi connectivity index (χ0n) is 15.5. The van der Waals surface area contributed by atoms with Crippen LogP contribution >= 0.6 is 0 Å². The molecular formula is C21H29N3O2. The molecule has 0 radical (unpaired) electrons. The summed E-state index contributed by atoms with van der Waals surface area (Å²) in [5, 5.41) is 0. The molecule has 0 bridgehead atoms. The fourth-order valence-corrected chi connectivity index (χ4v) is 3.58. The van der Waals surface area contributed by atoms with E-state index in [1.165, 1.54) is 11.1 Å². The molecule has 1 amide bonds. The molecule has 2 aliphatic rings. The number of nitrogens with zero attached hydrogens (tertiary/aromatic N) is 3. The Morgan fingerprint density at radius 2 is 1.81 bits per heavy atom. The Morgan fingerprint density at radius 3 is 2.50 bits per heavy atom. The summed E-state index contributed by atoms with van der Waals surface area (Å²) in [4.78, 5) is 18.9. The number of fused-ring (bicyclic) bond motifs is 1. The van der Waals surface area contributed by atoms with E-state index < -0.39 is 0 Å². The predicted octanol–water partition coefficient (Wildman–Crippen LogP) is 1.94. The number of benzene rings is 1. The molecule has 1 aromatic rings. The van der Waals surface area contributed by atoms with Gasteiger partial charge in [-0.15, -0.1) is 13.2 Å². The van der Waals surface area contributed by atoms with Crippen LogP contribution in [0.4, 0.5) is 0 Å². The van der Waals surface area contributed by atoms with Crippen LogP contribution in [0.3, 0.4) is 0 Å². The molecule has 0 aromatic heterocycles. The van der Waals surface area contributed by atoms with Crippen molar-refractivity contribution in [3.63, 3.8) is 0 Å². The Hall–Kier alpha value is -2.11. The van der Waals surface area contributed by atoms with Crippen LogP contribution in [-0.4, -0.2) is 73.0 Å². The molecule has 0 N–H and O–H groups in total. The second-order valence-corrected chi connectivity index (χ2v) is 6.97. The van der Waals surface area contributed by atoms with Gasteiger partial charge >= 0.3 is 0 Å². The summed E-state index contributed by atoms with van der Waals surface area (Å²) in [6.07, 6.45) is 4.55. The smallest absolute Gasteiger partial charge is 0.237 e. The maximum Gasteiger partial charge on any atom is 0.237 e. The average Bonchev–Trinajstić information content (AvgIpc) is 3.11. The fourth-order valence-electron chi connectivity index (χ4n) is 3.58. The van der Waals surface area contributed by atoms with E-state index in [4.69, 9.17) is 4.74 Å². The Labute approximate surface area is 156 Å². The van der Waals surface area contributed by atoms with Crippen molar-refractivity contribution >= 4 is 5.91 Å². The van der Waals surface area contributed by atoms with Crippen molar-refractivity contribution in [3.8, 4) is 5.75 Å². The van der Waals surface area contributed by atoms with Gasteiger partial charge in [-0.1, -0.05) is 24.3 Å². The van der Waals surface area contributed by atoms with Crippen molar-refractivity contribution < 1.29 is 9.53 Å². The highest BCUT2D eigenvalue weighted by atomic mass is 16.5. The summed E-state index contributed by atoms with van der Waals surface area (Å²) in [7, 11) is 0. The van der Waals surface area contributed by atoms with Gasteiger partial charge in [0.05, 0.1) is 13.2 Å². The Balaban J connectivity index is 1.46. The monoisotopic (exact) mass is 355 g/mol. The summed E-state index contributed by atoms with van der Waals surface area (Å²) in [5.41, 5.74) is 2.68. The van der Waals surface area contributed by atoms with Gasteiger partial charge in [-0.25, -0.2) is 0 Å². The Bertz CT molecular complexity index is 641. The van der Waals surface area contributed by atoms with E-state index in [0.29, 0.717) is 19.6 Å². The number of carbonyl (C=O) groups excluding carboxylic acids is 1. The molecule has 2 aliphatic heterocycles. The normalized spacial score (nSPS) is 17.4. The van der Waals surface area contributed by atoms with Crippen LogP contribution in [0.15, 0.2) is 43.5 Å². The highest BCUT2D eigenvalue weighted by Gasteiger charge is 2.21. The Morgan fingerprint density at radius 1 is 1.12 bits per heavy atom. The third-order valence-corrected chi connectivity index (χ3v) is 5.04. The van der Waals surface area contributed by atoms with Crippen LogP contribution in [0, 0.1) is 0 Å². The third kappa shape index (κ3) is 4.74. The number of ether oxygens (including phenoxy) is 1. The maximum atomic E-state index is 12.4. The molecule has 26 heavy (non-hydrogen) atoms. The van der Waals surface area contributed by atoms with Gasteiger partial charge in [0.25, 0.3) is 0 Å². The molecule has 1 aromatic carbocycles. The number of amides is 1. The lowest BCUT2D eigenvalue weighted by atomic mass is 10.1. The average molecular weight is 355 g/mol. The first-order chi connectivity index (χ1) is 12.7. The van der Waals surface area contributed by atoms with E-state index in [1.54, 1.807) is 17.1 Å². The van der Waals surface area contributed by atoms with E-state index in [1.807, 2.05) is 0 Å². The summed E-state index contributed by atoms with van der Waals surface area (Å²) in [5.74, 6) is 1.19. The molecule has 140 valence electrons. The first-order valence-corrected chi connectivity index (χ1v) is 9.38. The highest BCUT2D eigenvalue weighted by Crippen LogP contribution is 2.26. The van der Waals surface area contributed by atoms with Crippen LogP contribution < -0.4 is 4.74 Å². The topological polar surface area (TPSA) is 36.0 Å². The standard InChI is InChI=1S/C21H29N3O2/c1-3-8-24(9-4-2)21(25)17-23-12-10-22(11-13-23)16-18-5-6-20-19(15-18)7-14-26-20/h3-6,15H,1-2,7-14,16-17H2. The largest absolute Gasteiger partial charge is 0.493 e. The molecule has 0 saturated carbocycles. The minimum Gasteiger partial charge on any atom is -0.493 e. The molecule has 1 saturated heterocycles. The molecule has 2 heterocycles. The number of rotatable bonds is 8. The van der Waals surface area contributed by atoms with E-state index in [-0.39, 0.29) is 5.91 Å². The fraction of sp³-hybridized carbons (Fsp3) is 0.476. The van der Waals surface area contributed by atoms with E-state index in [0.717, 1.165) is 51.5 Å². The van der Waals surface area contributed by atoms with Gasteiger partial charge in [0.1, 0.15) is 5.75 Å². The van der Waals surface area contributed by atoms with Gasteiger partial charge in [-0.3, -0.25) is 14.6 Å². The van der Waals surface area contributed by atoms with Gasteiger partial charge in [0.2, 0.25) is 5.91 Å². The second-order valence-electron chi connectivity index (χ2n) is 6.97. The van der Waals surface area contributed by atoms with E-state index in [9.17, 15) is 4.79 Å². The Kier molecular flexibility index (Phi) is 6.47. The minimum absolute atomic E-state index is 0.150. The lowest BCUT2D eigenvalue weighted by Crippen LogP contribution is -2.49. The lowest BCUT2D eigenvalue weighted by molar-refractivity contribution is -0.131. The number of carbonyl (C=O) groups is 1. The highest BCUT2D eigenvalue weighted by molar-refractivity contribution is 5.78. The molecule has 5 nitrogen and oxygen atoms in total. The van der Waals surface area contributed by atoms with Gasteiger partial charge in [-0.2, -0.15) is 0 Å². The molecule has 1 fully saturated rings. The molecule has 0 aliphatic carbocycles. The number of hydrogen-bond acceptors (Lipinski definition) is 4. The SMILES string of the molecule is C=CCN(CC=C)C(=O)CN1CCN(Cc2ccc3c(c2)CCO3)CC1. The lowest BCUT2D eigenvalue weighted by Gasteiger charge is -2.35. The zero-order chi connectivity index (χ0) is 18.4. The first-order valence-electron chi connectivity index (χ1n) is 9.38. The number of hydrogen-bond donors (Lipinski definition) is 0. The maximum absolute atomic E-state index is 12.4. The molecule has 5 heteroatoms. The van der Waals surface area contributed by atoms with E-state index in [2.05, 4.69) is 41.2 Å². The number of piperazine rings is 1. The molecular weight excluding hydrogens is 326 g/mol. The predicted molar refractivity (Wildman–Crippen MR) is 104 cm³/mol. The summed E-state index contributed by atoms with van der Waals surface area (Å²) >= 11 is 0. The molecule has 0 spiro atoms. The quantitative estimate of drug-likeness (QED) is 0.668. The van der Waals surface area contributed by atoms with Crippen molar-refractivity contribution in [3.05, 3.63) is 54.6 Å². The van der Waals surface area contributed by atoms with Gasteiger partial charge < -0.3 is 9.64 Å². The van der Waals surface area contributed by atoms with Crippen LogP contribution in [-0.2, 0) is 17.8 Å².